The van der Waals surface area contributed by atoms with Gasteiger partial charge >= 0.3 is 0 Å². The van der Waals surface area contributed by atoms with E-state index in [2.05, 4.69) is 16.7 Å². The Morgan fingerprint density at radius 2 is 2.07 bits per heavy atom. The fourth-order valence-electron chi connectivity index (χ4n) is 2.59. The van der Waals surface area contributed by atoms with Gasteiger partial charge in [-0.1, -0.05) is 6.08 Å². The molecule has 0 bridgehead atoms. The molecule has 0 saturated heterocycles. The molecule has 2 aromatic heterocycles. The van der Waals surface area contributed by atoms with Crippen LogP contribution >= 0.6 is 0 Å². The molecule has 0 atom stereocenters. The Balaban J connectivity index is 2.18. The standard InChI is InChI=1S/C22H22N4O/c1-5-27-18-9-11-21-19(13-18)20(10-8-15(2)16(3)23-4)25-22(26-21)17-7-6-12-24-14-17/h6-14H,4-5H2,1-3H3/b10-8-,16-15-. The Morgan fingerprint density at radius 1 is 1.22 bits per heavy atom. The zero-order valence-corrected chi connectivity index (χ0v) is 15.8. The second-order valence-corrected chi connectivity index (χ2v) is 6.05. The molecule has 3 aromatic rings. The predicted octanol–water partition coefficient (Wildman–Crippen LogP) is 5.10. The van der Waals surface area contributed by atoms with Gasteiger partial charge in [-0.3, -0.25) is 9.98 Å². The monoisotopic (exact) mass is 358 g/mol. The van der Waals surface area contributed by atoms with Gasteiger partial charge < -0.3 is 4.74 Å². The van der Waals surface area contributed by atoms with Crippen molar-refractivity contribution in [2.75, 3.05) is 6.61 Å². The Hall–Kier alpha value is -3.34. The third kappa shape index (κ3) is 4.26. The van der Waals surface area contributed by atoms with Crippen LogP contribution in [-0.2, 0) is 0 Å². The SMILES string of the molecule is C=N/C(C)=C(C)\C=C/c1nc(-c2cccnc2)nc2ccc(OCC)cc12. The fraction of sp³-hybridized carbons (Fsp3) is 0.182. The molecule has 5 heteroatoms. The maximum Gasteiger partial charge on any atom is 0.161 e. The van der Waals surface area contributed by atoms with Crippen molar-refractivity contribution in [3.63, 3.8) is 0 Å². The predicted molar refractivity (Wildman–Crippen MR) is 111 cm³/mol. The van der Waals surface area contributed by atoms with Gasteiger partial charge in [-0.2, -0.15) is 0 Å². The van der Waals surface area contributed by atoms with Gasteiger partial charge in [-0.05, 0) is 69.5 Å². The lowest BCUT2D eigenvalue weighted by Crippen LogP contribution is -1.97. The molecule has 0 aliphatic carbocycles. The third-order valence-electron chi connectivity index (χ3n) is 4.23. The van der Waals surface area contributed by atoms with Crippen LogP contribution in [0.15, 0.2) is 65.1 Å². The maximum absolute atomic E-state index is 5.64. The van der Waals surface area contributed by atoms with Crippen molar-refractivity contribution < 1.29 is 4.74 Å². The summed E-state index contributed by atoms with van der Waals surface area (Å²) < 4.78 is 5.64. The highest BCUT2D eigenvalue weighted by molar-refractivity contribution is 5.89. The minimum Gasteiger partial charge on any atom is -0.494 e. The number of allylic oxidation sites excluding steroid dienone is 3. The lowest BCUT2D eigenvalue weighted by molar-refractivity contribution is 0.340. The number of hydrogen-bond acceptors (Lipinski definition) is 5. The molecule has 5 nitrogen and oxygen atoms in total. The molecular weight excluding hydrogens is 336 g/mol. The van der Waals surface area contributed by atoms with Crippen LogP contribution in [0, 0.1) is 0 Å². The molecule has 0 aliphatic rings. The highest BCUT2D eigenvalue weighted by atomic mass is 16.5. The summed E-state index contributed by atoms with van der Waals surface area (Å²) in [6.45, 7) is 10.1. The van der Waals surface area contributed by atoms with Crippen molar-refractivity contribution in [1.29, 1.82) is 0 Å². The van der Waals surface area contributed by atoms with Crippen LogP contribution in [0.25, 0.3) is 28.4 Å². The van der Waals surface area contributed by atoms with Crippen LogP contribution < -0.4 is 4.74 Å². The molecule has 3 rings (SSSR count). The Bertz CT molecular complexity index is 1020. The summed E-state index contributed by atoms with van der Waals surface area (Å²) in [4.78, 5) is 17.6. The average Bonchev–Trinajstić information content (AvgIpc) is 2.71. The van der Waals surface area contributed by atoms with E-state index >= 15 is 0 Å². The molecule has 0 N–H and O–H groups in total. The Kier molecular flexibility index (Phi) is 5.71. The molecule has 0 saturated carbocycles. The van der Waals surface area contributed by atoms with Crippen molar-refractivity contribution in [1.82, 2.24) is 15.0 Å². The van der Waals surface area contributed by atoms with Crippen molar-refractivity contribution in [3.8, 4) is 17.1 Å². The summed E-state index contributed by atoms with van der Waals surface area (Å²) in [5.41, 5.74) is 4.45. The van der Waals surface area contributed by atoms with Crippen molar-refractivity contribution in [3.05, 3.63) is 65.8 Å². The molecule has 0 spiro atoms. The largest absolute Gasteiger partial charge is 0.494 e. The molecule has 1 aromatic carbocycles. The van der Waals surface area contributed by atoms with E-state index in [1.54, 1.807) is 12.4 Å². The maximum atomic E-state index is 5.64. The number of aromatic nitrogens is 3. The van der Waals surface area contributed by atoms with E-state index < -0.39 is 0 Å². The summed E-state index contributed by atoms with van der Waals surface area (Å²) in [6, 6.07) is 9.69. The van der Waals surface area contributed by atoms with Gasteiger partial charge in [0.05, 0.1) is 17.8 Å². The number of pyridine rings is 1. The number of hydrogen-bond donors (Lipinski definition) is 0. The van der Waals surface area contributed by atoms with Gasteiger partial charge in [0, 0.05) is 29.0 Å². The Labute approximate surface area is 159 Å². The van der Waals surface area contributed by atoms with Gasteiger partial charge in [0.25, 0.3) is 0 Å². The topological polar surface area (TPSA) is 60.3 Å². The first-order valence-electron chi connectivity index (χ1n) is 8.79. The van der Waals surface area contributed by atoms with Crippen LogP contribution in [0.3, 0.4) is 0 Å². The van der Waals surface area contributed by atoms with E-state index in [0.717, 1.165) is 39.2 Å². The van der Waals surface area contributed by atoms with Gasteiger partial charge in [0.1, 0.15) is 5.75 Å². The number of aliphatic imine (C=N–C) groups is 1. The van der Waals surface area contributed by atoms with Crippen LogP contribution in [0.1, 0.15) is 26.5 Å². The number of nitrogens with zero attached hydrogens (tertiary/aromatic N) is 4. The second kappa shape index (κ2) is 8.36. The summed E-state index contributed by atoms with van der Waals surface area (Å²) >= 11 is 0. The average molecular weight is 358 g/mol. The van der Waals surface area contributed by atoms with Crippen LogP contribution in [0.2, 0.25) is 0 Å². The number of fused-ring (bicyclic) bond motifs is 1. The molecule has 0 aliphatic heterocycles. The molecular formula is C22H22N4O. The molecule has 27 heavy (non-hydrogen) atoms. The highest BCUT2D eigenvalue weighted by Crippen LogP contribution is 2.26. The minimum atomic E-state index is 0.608. The van der Waals surface area contributed by atoms with Crippen LogP contribution in [0.5, 0.6) is 5.75 Å². The molecule has 0 fully saturated rings. The first-order chi connectivity index (χ1) is 13.1. The Morgan fingerprint density at radius 3 is 2.78 bits per heavy atom. The quantitative estimate of drug-likeness (QED) is 0.454. The van der Waals surface area contributed by atoms with Gasteiger partial charge in [0.2, 0.25) is 0 Å². The van der Waals surface area contributed by atoms with Crippen molar-refractivity contribution in [2.45, 2.75) is 20.8 Å². The first kappa shape index (κ1) is 18.5. The number of rotatable bonds is 6. The van der Waals surface area contributed by atoms with E-state index in [0.29, 0.717) is 12.4 Å². The van der Waals surface area contributed by atoms with E-state index in [1.165, 1.54) is 0 Å². The normalized spacial score (nSPS) is 12.3. The van der Waals surface area contributed by atoms with Gasteiger partial charge in [0.15, 0.2) is 5.82 Å². The highest BCUT2D eigenvalue weighted by Gasteiger charge is 2.09. The smallest absolute Gasteiger partial charge is 0.161 e. The van der Waals surface area contributed by atoms with Gasteiger partial charge in [-0.25, -0.2) is 9.97 Å². The van der Waals surface area contributed by atoms with E-state index in [1.807, 2.05) is 63.3 Å². The molecule has 0 radical (unpaired) electrons. The summed E-state index contributed by atoms with van der Waals surface area (Å²) in [5.74, 6) is 1.44. The van der Waals surface area contributed by atoms with Crippen molar-refractivity contribution >= 4 is 23.7 Å². The lowest BCUT2D eigenvalue weighted by atomic mass is 10.1. The van der Waals surface area contributed by atoms with Crippen molar-refractivity contribution in [2.24, 2.45) is 4.99 Å². The third-order valence-corrected chi connectivity index (χ3v) is 4.23. The summed E-state index contributed by atoms with van der Waals surface area (Å²) in [7, 11) is 0. The minimum absolute atomic E-state index is 0.608. The second-order valence-electron chi connectivity index (χ2n) is 6.05. The van der Waals surface area contributed by atoms with Gasteiger partial charge in [-0.15, -0.1) is 0 Å². The summed E-state index contributed by atoms with van der Waals surface area (Å²) in [5, 5.41) is 0.932. The molecule has 0 unspecified atom stereocenters. The van der Waals surface area contributed by atoms with E-state index in [-0.39, 0.29) is 0 Å². The zero-order chi connectivity index (χ0) is 19.2. The zero-order valence-electron chi connectivity index (χ0n) is 15.8. The summed E-state index contributed by atoms with van der Waals surface area (Å²) in [6.07, 6.45) is 7.47. The van der Waals surface area contributed by atoms with Crippen LogP contribution in [0.4, 0.5) is 0 Å². The number of benzene rings is 1. The molecule has 136 valence electrons. The first-order valence-corrected chi connectivity index (χ1v) is 8.79. The van der Waals surface area contributed by atoms with E-state index in [9.17, 15) is 0 Å². The lowest BCUT2D eigenvalue weighted by Gasteiger charge is -2.09. The van der Waals surface area contributed by atoms with E-state index in [4.69, 9.17) is 14.7 Å². The fourth-order valence-corrected chi connectivity index (χ4v) is 2.59. The van der Waals surface area contributed by atoms with Crippen LogP contribution in [-0.4, -0.2) is 28.3 Å². The molecule has 2 heterocycles. The number of ether oxygens (including phenoxy) is 1. The molecule has 0 amide bonds.